The molecule has 1 fully saturated rings. The van der Waals surface area contributed by atoms with Gasteiger partial charge in [-0.1, -0.05) is 29.8 Å². The van der Waals surface area contributed by atoms with Gasteiger partial charge in [0.05, 0.1) is 26.3 Å². The monoisotopic (exact) mass is 442 g/mol. The molecular formula is C24H30N2O6. The van der Waals surface area contributed by atoms with E-state index in [1.165, 1.54) is 38.5 Å². The van der Waals surface area contributed by atoms with Crippen molar-refractivity contribution in [2.45, 2.75) is 32.6 Å². The Morgan fingerprint density at radius 1 is 1.06 bits per heavy atom. The highest BCUT2D eigenvalue weighted by Gasteiger charge is 2.35. The summed E-state index contributed by atoms with van der Waals surface area (Å²) in [6.45, 7) is 3.20. The highest BCUT2D eigenvalue weighted by Crippen LogP contribution is 2.46. The van der Waals surface area contributed by atoms with Crippen molar-refractivity contribution in [3.05, 3.63) is 57.1 Å². The molecule has 1 heterocycles. The van der Waals surface area contributed by atoms with Gasteiger partial charge in [0.2, 0.25) is 11.5 Å². The molecule has 1 amide bonds. The number of amides is 1. The Morgan fingerprint density at radius 3 is 2.22 bits per heavy atom. The van der Waals surface area contributed by atoms with Gasteiger partial charge in [-0.05, 0) is 44.1 Å². The summed E-state index contributed by atoms with van der Waals surface area (Å²) in [5, 5.41) is 11.8. The second-order valence-corrected chi connectivity index (χ2v) is 8.06. The number of nitro benzene ring substituents is 1. The first kappa shape index (κ1) is 23.4. The van der Waals surface area contributed by atoms with Gasteiger partial charge in [0, 0.05) is 19.2 Å². The smallest absolute Gasteiger partial charge is 0.327 e. The first-order chi connectivity index (χ1) is 15.4. The zero-order valence-electron chi connectivity index (χ0n) is 19.1. The van der Waals surface area contributed by atoms with Crippen LogP contribution in [0.4, 0.5) is 5.69 Å². The molecule has 8 nitrogen and oxygen atoms in total. The average molecular weight is 443 g/mol. The maximum atomic E-state index is 13.2. The number of methoxy groups -OCH3 is 3. The number of nitrogens with zero attached hydrogens (tertiary/aromatic N) is 2. The first-order valence-corrected chi connectivity index (χ1v) is 10.7. The number of likely N-dealkylation sites (tertiary alicyclic amines) is 1. The molecule has 1 saturated heterocycles. The van der Waals surface area contributed by atoms with Crippen LogP contribution in [0.15, 0.2) is 30.3 Å². The fraction of sp³-hybridized carbons (Fsp3) is 0.458. The lowest BCUT2D eigenvalue weighted by Crippen LogP contribution is -2.38. The van der Waals surface area contributed by atoms with Crippen LogP contribution in [0.25, 0.3) is 0 Å². The van der Waals surface area contributed by atoms with Crippen molar-refractivity contribution in [3.8, 4) is 17.2 Å². The third-order valence-corrected chi connectivity index (χ3v) is 6.08. The lowest BCUT2D eigenvalue weighted by Gasteiger charge is -2.32. The van der Waals surface area contributed by atoms with E-state index < -0.39 is 16.5 Å². The van der Waals surface area contributed by atoms with E-state index in [0.29, 0.717) is 19.0 Å². The normalized spacial score (nSPS) is 14.2. The topological polar surface area (TPSA) is 91.1 Å². The maximum absolute atomic E-state index is 13.2. The number of benzene rings is 2. The fourth-order valence-corrected chi connectivity index (χ4v) is 4.21. The zero-order chi connectivity index (χ0) is 23.3. The molecular weight excluding hydrogens is 412 g/mol. The molecule has 0 N–H and O–H groups in total. The fourth-order valence-electron chi connectivity index (χ4n) is 4.21. The lowest BCUT2D eigenvalue weighted by molar-refractivity contribution is -0.386. The summed E-state index contributed by atoms with van der Waals surface area (Å²) in [6, 6.07) is 9.95. The molecule has 0 saturated carbocycles. The van der Waals surface area contributed by atoms with Gasteiger partial charge < -0.3 is 19.1 Å². The number of rotatable bonds is 8. The Kier molecular flexibility index (Phi) is 7.56. The molecule has 0 atom stereocenters. The van der Waals surface area contributed by atoms with Crippen molar-refractivity contribution in [2.75, 3.05) is 34.4 Å². The van der Waals surface area contributed by atoms with E-state index in [4.69, 9.17) is 14.2 Å². The minimum atomic E-state index is -0.609. The molecule has 2 aromatic carbocycles. The van der Waals surface area contributed by atoms with Crippen LogP contribution in [0.3, 0.4) is 0 Å². The summed E-state index contributed by atoms with van der Waals surface area (Å²) < 4.78 is 15.8. The molecule has 0 aromatic heterocycles. The van der Waals surface area contributed by atoms with E-state index in [9.17, 15) is 14.9 Å². The minimum absolute atomic E-state index is 0.0531. The van der Waals surface area contributed by atoms with Crippen LogP contribution in [0, 0.1) is 23.0 Å². The van der Waals surface area contributed by atoms with E-state index in [-0.39, 0.29) is 22.8 Å². The van der Waals surface area contributed by atoms with Crippen molar-refractivity contribution in [2.24, 2.45) is 5.92 Å². The van der Waals surface area contributed by atoms with Crippen LogP contribution in [0.1, 0.15) is 40.7 Å². The number of piperidine rings is 1. The SMILES string of the molecule is COc1cc(C(=O)N2CCC(CCc3ccc(C)cc3)CC2)c([N+](=O)[O-])c(OC)c1OC. The number of hydrogen-bond acceptors (Lipinski definition) is 6. The summed E-state index contributed by atoms with van der Waals surface area (Å²) in [5.41, 5.74) is 2.11. The lowest BCUT2D eigenvalue weighted by atomic mass is 9.90. The second kappa shape index (κ2) is 10.3. The summed E-state index contributed by atoms with van der Waals surface area (Å²) in [6.07, 6.45) is 3.82. The van der Waals surface area contributed by atoms with E-state index in [2.05, 4.69) is 31.2 Å². The Labute approximate surface area is 188 Å². The van der Waals surface area contributed by atoms with Gasteiger partial charge in [-0.3, -0.25) is 14.9 Å². The molecule has 0 unspecified atom stereocenters. The Balaban J connectivity index is 1.73. The summed E-state index contributed by atoms with van der Waals surface area (Å²) in [7, 11) is 4.09. The number of hydrogen-bond donors (Lipinski definition) is 0. The van der Waals surface area contributed by atoms with E-state index in [1.807, 2.05) is 0 Å². The molecule has 3 rings (SSSR count). The molecule has 0 spiro atoms. The molecule has 0 radical (unpaired) electrons. The number of aryl methyl sites for hydroxylation is 2. The third-order valence-electron chi connectivity index (χ3n) is 6.08. The van der Waals surface area contributed by atoms with Crippen LogP contribution < -0.4 is 14.2 Å². The Morgan fingerprint density at radius 2 is 1.69 bits per heavy atom. The van der Waals surface area contributed by atoms with Crippen LogP contribution >= 0.6 is 0 Å². The van der Waals surface area contributed by atoms with E-state index in [0.717, 1.165) is 25.7 Å². The highest BCUT2D eigenvalue weighted by molar-refractivity contribution is 6.00. The standard InChI is InChI=1S/C24H30N2O6/c1-16-5-7-17(8-6-16)9-10-18-11-13-25(14-12-18)24(27)19-15-20(30-2)22(31-3)23(32-4)21(19)26(28)29/h5-8,15,18H,9-14H2,1-4H3. The molecule has 1 aliphatic heterocycles. The average Bonchev–Trinajstić information content (AvgIpc) is 2.81. The number of nitro groups is 1. The van der Waals surface area contributed by atoms with Crippen molar-refractivity contribution < 1.29 is 23.9 Å². The van der Waals surface area contributed by atoms with Gasteiger partial charge >= 0.3 is 5.69 Å². The minimum Gasteiger partial charge on any atom is -0.493 e. The summed E-state index contributed by atoms with van der Waals surface area (Å²) in [5.74, 6) is 0.316. The summed E-state index contributed by atoms with van der Waals surface area (Å²) in [4.78, 5) is 26.1. The Bertz CT molecular complexity index is 965. The van der Waals surface area contributed by atoms with Crippen LogP contribution in [0.2, 0.25) is 0 Å². The van der Waals surface area contributed by atoms with Crippen LogP contribution in [-0.4, -0.2) is 50.1 Å². The van der Waals surface area contributed by atoms with Gasteiger partial charge in [0.25, 0.3) is 5.91 Å². The predicted octanol–water partition coefficient (Wildman–Crippen LogP) is 4.41. The van der Waals surface area contributed by atoms with Crippen LogP contribution in [-0.2, 0) is 6.42 Å². The first-order valence-electron chi connectivity index (χ1n) is 10.7. The zero-order valence-corrected chi connectivity index (χ0v) is 19.1. The molecule has 172 valence electrons. The van der Waals surface area contributed by atoms with Gasteiger partial charge in [-0.25, -0.2) is 0 Å². The number of carbonyl (C=O) groups is 1. The van der Waals surface area contributed by atoms with E-state index >= 15 is 0 Å². The van der Waals surface area contributed by atoms with E-state index in [1.54, 1.807) is 4.90 Å². The maximum Gasteiger partial charge on any atom is 0.327 e. The predicted molar refractivity (Wildman–Crippen MR) is 121 cm³/mol. The molecule has 0 bridgehead atoms. The Hall–Kier alpha value is -3.29. The third kappa shape index (κ3) is 4.95. The van der Waals surface area contributed by atoms with Crippen molar-refractivity contribution in [1.29, 1.82) is 0 Å². The largest absolute Gasteiger partial charge is 0.493 e. The highest BCUT2D eigenvalue weighted by atomic mass is 16.6. The van der Waals surface area contributed by atoms with Crippen molar-refractivity contribution in [3.63, 3.8) is 0 Å². The number of carbonyl (C=O) groups excluding carboxylic acids is 1. The van der Waals surface area contributed by atoms with Gasteiger partial charge in [-0.15, -0.1) is 0 Å². The molecule has 32 heavy (non-hydrogen) atoms. The van der Waals surface area contributed by atoms with Gasteiger partial charge in [0.1, 0.15) is 5.56 Å². The molecule has 1 aliphatic rings. The number of ether oxygens (including phenoxy) is 3. The van der Waals surface area contributed by atoms with Crippen molar-refractivity contribution in [1.82, 2.24) is 4.90 Å². The van der Waals surface area contributed by atoms with Gasteiger partial charge in [0.15, 0.2) is 5.75 Å². The second-order valence-electron chi connectivity index (χ2n) is 8.06. The molecule has 2 aromatic rings. The quantitative estimate of drug-likeness (QED) is 0.444. The summed E-state index contributed by atoms with van der Waals surface area (Å²) >= 11 is 0. The van der Waals surface area contributed by atoms with Crippen molar-refractivity contribution >= 4 is 11.6 Å². The molecule has 8 heteroatoms. The van der Waals surface area contributed by atoms with Gasteiger partial charge in [-0.2, -0.15) is 0 Å². The molecule has 0 aliphatic carbocycles. The van der Waals surface area contributed by atoms with Crippen LogP contribution in [0.5, 0.6) is 17.2 Å².